The summed E-state index contributed by atoms with van der Waals surface area (Å²) in [5.74, 6) is 1.32. The SMILES string of the molecule is Cc1cccc(-n2cc(-c3ccccc3C(C)C)c3c(NC4CCOCC4)ncnc32)c1. The fourth-order valence-electron chi connectivity index (χ4n) is 4.63. The fraction of sp³-hybridized carbons (Fsp3) is 0.333. The van der Waals surface area contributed by atoms with Gasteiger partial charge in [0.1, 0.15) is 12.1 Å². The molecule has 0 unspecified atom stereocenters. The van der Waals surface area contributed by atoms with Crippen LogP contribution in [0.4, 0.5) is 5.82 Å². The van der Waals surface area contributed by atoms with Crippen LogP contribution in [-0.4, -0.2) is 33.8 Å². The molecule has 1 aliphatic heterocycles. The van der Waals surface area contributed by atoms with Gasteiger partial charge >= 0.3 is 0 Å². The van der Waals surface area contributed by atoms with Crippen LogP contribution in [0.1, 0.15) is 43.7 Å². The Bertz CT molecular complexity index is 1240. The van der Waals surface area contributed by atoms with Gasteiger partial charge in [0.25, 0.3) is 0 Å². The van der Waals surface area contributed by atoms with Gasteiger partial charge in [0.05, 0.1) is 5.39 Å². The number of ether oxygens (including phenoxy) is 1. The molecule has 0 aliphatic carbocycles. The van der Waals surface area contributed by atoms with Crippen molar-refractivity contribution in [3.63, 3.8) is 0 Å². The third-order valence-corrected chi connectivity index (χ3v) is 6.30. The van der Waals surface area contributed by atoms with Crippen molar-refractivity contribution >= 4 is 16.9 Å². The molecule has 0 bridgehead atoms. The Labute approximate surface area is 189 Å². The first-order valence-electron chi connectivity index (χ1n) is 11.5. The number of aryl methyl sites for hydroxylation is 1. The van der Waals surface area contributed by atoms with Crippen LogP contribution in [-0.2, 0) is 4.74 Å². The van der Waals surface area contributed by atoms with Crippen molar-refractivity contribution in [2.24, 2.45) is 0 Å². The largest absolute Gasteiger partial charge is 0.381 e. The number of aromatic nitrogens is 3. The minimum Gasteiger partial charge on any atom is -0.381 e. The van der Waals surface area contributed by atoms with Crippen molar-refractivity contribution in [3.8, 4) is 16.8 Å². The van der Waals surface area contributed by atoms with E-state index in [9.17, 15) is 0 Å². The Morgan fingerprint density at radius 3 is 2.59 bits per heavy atom. The first-order chi connectivity index (χ1) is 15.6. The molecule has 5 rings (SSSR count). The normalized spacial score (nSPS) is 14.9. The Kier molecular flexibility index (Phi) is 5.66. The van der Waals surface area contributed by atoms with Gasteiger partial charge in [0, 0.05) is 36.7 Å². The summed E-state index contributed by atoms with van der Waals surface area (Å²) in [6.45, 7) is 8.20. The van der Waals surface area contributed by atoms with Crippen molar-refractivity contribution in [1.82, 2.24) is 14.5 Å². The summed E-state index contributed by atoms with van der Waals surface area (Å²) >= 11 is 0. The first-order valence-corrected chi connectivity index (χ1v) is 11.5. The number of nitrogens with zero attached hydrogens (tertiary/aromatic N) is 3. The number of rotatable bonds is 5. The van der Waals surface area contributed by atoms with E-state index in [2.05, 4.69) is 85.4 Å². The van der Waals surface area contributed by atoms with E-state index in [1.807, 2.05) is 0 Å². The second-order valence-electron chi connectivity index (χ2n) is 8.95. The van der Waals surface area contributed by atoms with Gasteiger partial charge in [-0.2, -0.15) is 0 Å². The van der Waals surface area contributed by atoms with Gasteiger partial charge in [-0.25, -0.2) is 9.97 Å². The molecular formula is C27H30N4O. The standard InChI is InChI=1S/C27H30N4O/c1-18(2)22-9-4-5-10-23(22)24-16-31(21-8-6-7-19(3)15-21)27-25(24)26(28-17-29-27)30-20-11-13-32-14-12-20/h4-10,15-18,20H,11-14H2,1-3H3,(H,28,29,30). The highest BCUT2D eigenvalue weighted by Crippen LogP contribution is 2.39. The first kappa shape index (κ1) is 20.7. The number of hydrogen-bond acceptors (Lipinski definition) is 4. The average Bonchev–Trinajstić information content (AvgIpc) is 3.20. The molecule has 4 aromatic rings. The molecule has 2 aromatic carbocycles. The number of fused-ring (bicyclic) bond motifs is 1. The van der Waals surface area contributed by atoms with Gasteiger partial charge in [-0.3, -0.25) is 0 Å². The molecule has 0 saturated carbocycles. The van der Waals surface area contributed by atoms with Crippen LogP contribution >= 0.6 is 0 Å². The van der Waals surface area contributed by atoms with Crippen LogP contribution < -0.4 is 5.32 Å². The average molecular weight is 427 g/mol. The van der Waals surface area contributed by atoms with E-state index in [0.29, 0.717) is 12.0 Å². The molecule has 32 heavy (non-hydrogen) atoms. The second kappa shape index (κ2) is 8.75. The lowest BCUT2D eigenvalue weighted by molar-refractivity contribution is 0.0904. The van der Waals surface area contributed by atoms with Crippen LogP contribution in [0.25, 0.3) is 27.8 Å². The number of hydrogen-bond donors (Lipinski definition) is 1. The fourth-order valence-corrected chi connectivity index (χ4v) is 4.63. The van der Waals surface area contributed by atoms with Crippen molar-refractivity contribution in [3.05, 3.63) is 72.2 Å². The van der Waals surface area contributed by atoms with Gasteiger partial charge in [0.15, 0.2) is 5.65 Å². The summed E-state index contributed by atoms with van der Waals surface area (Å²) in [5.41, 5.74) is 7.00. The van der Waals surface area contributed by atoms with E-state index in [1.54, 1.807) is 6.33 Å². The van der Waals surface area contributed by atoms with Crippen LogP contribution in [0.3, 0.4) is 0 Å². The maximum atomic E-state index is 5.56. The topological polar surface area (TPSA) is 52.0 Å². The van der Waals surface area contributed by atoms with Gasteiger partial charge in [-0.05, 0) is 54.5 Å². The highest BCUT2D eigenvalue weighted by atomic mass is 16.5. The van der Waals surface area contributed by atoms with E-state index in [1.165, 1.54) is 22.3 Å². The predicted octanol–water partition coefficient (Wildman–Crippen LogP) is 6.11. The molecule has 1 saturated heterocycles. The zero-order valence-electron chi connectivity index (χ0n) is 19.0. The molecule has 2 aromatic heterocycles. The molecule has 0 radical (unpaired) electrons. The Balaban J connectivity index is 1.74. The Morgan fingerprint density at radius 2 is 1.81 bits per heavy atom. The van der Waals surface area contributed by atoms with Crippen LogP contribution in [0.15, 0.2) is 61.1 Å². The third kappa shape index (κ3) is 3.89. The smallest absolute Gasteiger partial charge is 0.150 e. The van der Waals surface area contributed by atoms with Crippen molar-refractivity contribution in [2.75, 3.05) is 18.5 Å². The highest BCUT2D eigenvalue weighted by Gasteiger charge is 2.22. The highest BCUT2D eigenvalue weighted by molar-refractivity contribution is 6.02. The lowest BCUT2D eigenvalue weighted by Gasteiger charge is -2.24. The lowest BCUT2D eigenvalue weighted by Crippen LogP contribution is -2.28. The Hall–Kier alpha value is -3.18. The van der Waals surface area contributed by atoms with Gasteiger partial charge in [-0.15, -0.1) is 0 Å². The minimum absolute atomic E-state index is 0.359. The summed E-state index contributed by atoms with van der Waals surface area (Å²) in [7, 11) is 0. The maximum absolute atomic E-state index is 5.56. The van der Waals surface area contributed by atoms with E-state index in [4.69, 9.17) is 14.7 Å². The minimum atomic E-state index is 0.359. The van der Waals surface area contributed by atoms with E-state index in [0.717, 1.165) is 48.6 Å². The van der Waals surface area contributed by atoms with Crippen molar-refractivity contribution < 1.29 is 4.74 Å². The van der Waals surface area contributed by atoms with Crippen molar-refractivity contribution in [1.29, 1.82) is 0 Å². The number of anilines is 1. The molecule has 5 heteroatoms. The lowest BCUT2D eigenvalue weighted by atomic mass is 9.93. The predicted molar refractivity (Wildman–Crippen MR) is 131 cm³/mol. The summed E-state index contributed by atoms with van der Waals surface area (Å²) in [5, 5.41) is 4.79. The quantitative estimate of drug-likeness (QED) is 0.418. The molecule has 0 spiro atoms. The molecule has 3 heterocycles. The number of nitrogens with one attached hydrogen (secondary N) is 1. The third-order valence-electron chi connectivity index (χ3n) is 6.30. The molecular weight excluding hydrogens is 396 g/mol. The zero-order chi connectivity index (χ0) is 22.1. The van der Waals surface area contributed by atoms with Crippen LogP contribution in [0.2, 0.25) is 0 Å². The van der Waals surface area contributed by atoms with Gasteiger partial charge in [-0.1, -0.05) is 50.2 Å². The summed E-state index contributed by atoms with van der Waals surface area (Å²) < 4.78 is 7.76. The zero-order valence-corrected chi connectivity index (χ0v) is 19.0. The molecule has 1 N–H and O–H groups in total. The van der Waals surface area contributed by atoms with Crippen LogP contribution in [0, 0.1) is 6.92 Å². The maximum Gasteiger partial charge on any atom is 0.150 e. The molecule has 1 aliphatic rings. The summed E-state index contributed by atoms with van der Waals surface area (Å²) in [6, 6.07) is 17.6. The van der Waals surface area contributed by atoms with Crippen LogP contribution in [0.5, 0.6) is 0 Å². The summed E-state index contributed by atoms with van der Waals surface area (Å²) in [6.07, 6.45) is 5.88. The Morgan fingerprint density at radius 1 is 1.00 bits per heavy atom. The molecule has 0 atom stereocenters. The van der Waals surface area contributed by atoms with E-state index in [-0.39, 0.29) is 0 Å². The summed E-state index contributed by atoms with van der Waals surface area (Å²) in [4.78, 5) is 9.46. The molecule has 1 fully saturated rings. The second-order valence-corrected chi connectivity index (χ2v) is 8.95. The monoisotopic (exact) mass is 426 g/mol. The van der Waals surface area contributed by atoms with E-state index < -0.39 is 0 Å². The number of benzene rings is 2. The van der Waals surface area contributed by atoms with Gasteiger partial charge < -0.3 is 14.6 Å². The molecule has 0 amide bonds. The van der Waals surface area contributed by atoms with E-state index >= 15 is 0 Å². The molecule has 164 valence electrons. The van der Waals surface area contributed by atoms with Crippen molar-refractivity contribution in [2.45, 2.75) is 45.6 Å². The molecule has 5 nitrogen and oxygen atoms in total. The van der Waals surface area contributed by atoms with Gasteiger partial charge in [0.2, 0.25) is 0 Å².